The second-order valence-corrected chi connectivity index (χ2v) is 5.40. The number of nitrogens with zero attached hydrogens (tertiary/aromatic N) is 1. The highest BCUT2D eigenvalue weighted by Gasteiger charge is 2.21. The number of aromatic nitrogens is 1. The van der Waals surface area contributed by atoms with E-state index >= 15 is 0 Å². The number of hydrogen-bond acceptors (Lipinski definition) is 3. The number of hydrogen-bond donors (Lipinski definition) is 1. The van der Waals surface area contributed by atoms with E-state index < -0.39 is 0 Å². The van der Waals surface area contributed by atoms with Crippen LogP contribution in [-0.4, -0.2) is 11.1 Å². The van der Waals surface area contributed by atoms with Crippen LogP contribution in [0, 0.1) is 13.8 Å². The zero-order chi connectivity index (χ0) is 14.1. The molecule has 1 heterocycles. The third kappa shape index (κ3) is 2.33. The summed E-state index contributed by atoms with van der Waals surface area (Å²) in [5.74, 6) is 0.376. The molecular weight excluding hydrogens is 252 g/mol. The van der Waals surface area contributed by atoms with Crippen molar-refractivity contribution in [3.63, 3.8) is 0 Å². The summed E-state index contributed by atoms with van der Waals surface area (Å²) in [5, 5.41) is 6.89. The lowest BCUT2D eigenvalue weighted by Crippen LogP contribution is -2.13. The van der Waals surface area contributed by atoms with Crippen LogP contribution >= 0.6 is 0 Å². The Balaban J connectivity index is 1.82. The maximum atomic E-state index is 12.3. The van der Waals surface area contributed by atoms with Crippen LogP contribution < -0.4 is 5.32 Å². The summed E-state index contributed by atoms with van der Waals surface area (Å²) in [6.45, 7) is 4.03. The van der Waals surface area contributed by atoms with Crippen LogP contribution in [0.2, 0.25) is 0 Å². The topological polar surface area (TPSA) is 55.1 Å². The largest absolute Gasteiger partial charge is 0.338 e. The van der Waals surface area contributed by atoms with E-state index in [-0.39, 0.29) is 5.91 Å². The second kappa shape index (κ2) is 5.12. The van der Waals surface area contributed by atoms with Gasteiger partial charge in [0.15, 0.2) is 0 Å². The molecule has 0 fully saturated rings. The molecule has 20 heavy (non-hydrogen) atoms. The first-order chi connectivity index (χ1) is 9.65. The average Bonchev–Trinajstić information content (AvgIpc) is 2.85. The Hall–Kier alpha value is -2.10. The van der Waals surface area contributed by atoms with E-state index in [9.17, 15) is 4.79 Å². The number of carbonyl (C=O) groups excluding carboxylic acids is 1. The molecule has 0 atom stereocenters. The molecule has 3 rings (SSSR count). The third-order valence-corrected chi connectivity index (χ3v) is 3.96. The van der Waals surface area contributed by atoms with Crippen LogP contribution in [-0.2, 0) is 12.8 Å². The van der Waals surface area contributed by atoms with Crippen LogP contribution in [0.3, 0.4) is 0 Å². The summed E-state index contributed by atoms with van der Waals surface area (Å²) < 4.78 is 5.28. The van der Waals surface area contributed by atoms with Crippen molar-refractivity contribution in [1.29, 1.82) is 0 Å². The molecule has 0 bridgehead atoms. The summed E-state index contributed by atoms with van der Waals surface area (Å²) in [7, 11) is 0. The van der Waals surface area contributed by atoms with Gasteiger partial charge in [-0.05, 0) is 62.8 Å². The molecule has 104 valence electrons. The van der Waals surface area contributed by atoms with Crippen molar-refractivity contribution in [2.45, 2.75) is 39.5 Å². The minimum Gasteiger partial charge on any atom is -0.338 e. The lowest BCUT2D eigenvalue weighted by molar-refractivity contribution is 0.102. The molecule has 1 aliphatic carbocycles. The Morgan fingerprint density at radius 1 is 1.20 bits per heavy atom. The molecule has 2 aromatic rings. The molecule has 1 amide bonds. The van der Waals surface area contributed by atoms with Crippen LogP contribution in [0.1, 0.15) is 45.6 Å². The maximum Gasteiger partial charge on any atom is 0.258 e. The Kier molecular flexibility index (Phi) is 3.30. The van der Waals surface area contributed by atoms with E-state index in [1.54, 1.807) is 0 Å². The van der Waals surface area contributed by atoms with Crippen LogP contribution in [0.5, 0.6) is 0 Å². The van der Waals surface area contributed by atoms with Gasteiger partial charge in [0.25, 0.3) is 5.91 Å². The monoisotopic (exact) mass is 270 g/mol. The van der Waals surface area contributed by atoms with Gasteiger partial charge in [-0.25, -0.2) is 0 Å². The molecule has 1 aromatic heterocycles. The van der Waals surface area contributed by atoms with E-state index in [0.717, 1.165) is 42.5 Å². The molecule has 0 aliphatic heterocycles. The first-order valence-electron chi connectivity index (χ1n) is 7.01. The zero-order valence-electron chi connectivity index (χ0n) is 11.8. The predicted octanol–water partition coefficient (Wildman–Crippen LogP) is 3.42. The van der Waals surface area contributed by atoms with Gasteiger partial charge in [0.05, 0.1) is 5.69 Å². The highest BCUT2D eigenvalue weighted by atomic mass is 16.5. The van der Waals surface area contributed by atoms with Gasteiger partial charge in [-0.3, -0.25) is 10.1 Å². The third-order valence-electron chi connectivity index (χ3n) is 3.96. The predicted molar refractivity (Wildman–Crippen MR) is 77.0 cm³/mol. The fourth-order valence-corrected chi connectivity index (χ4v) is 2.55. The van der Waals surface area contributed by atoms with E-state index in [1.165, 1.54) is 5.56 Å². The van der Waals surface area contributed by atoms with Crippen molar-refractivity contribution in [2.24, 2.45) is 0 Å². The van der Waals surface area contributed by atoms with Gasteiger partial charge in [0.2, 0.25) is 5.88 Å². The molecule has 4 heteroatoms. The van der Waals surface area contributed by atoms with E-state index in [1.807, 2.05) is 32.0 Å². The molecule has 0 saturated carbocycles. The summed E-state index contributed by atoms with van der Waals surface area (Å²) >= 11 is 0. The SMILES string of the molecule is Cc1ccc(C(=O)Nc2onc3c2CCCC3)cc1C. The number of carbonyl (C=O) groups is 1. The number of anilines is 1. The maximum absolute atomic E-state index is 12.3. The number of amides is 1. The standard InChI is InChI=1S/C16H18N2O2/c1-10-7-8-12(9-11(10)2)15(19)17-16-13-5-3-4-6-14(13)18-20-16/h7-9H,3-6H2,1-2H3,(H,17,19). The van der Waals surface area contributed by atoms with E-state index in [2.05, 4.69) is 10.5 Å². The molecule has 0 radical (unpaired) electrons. The second-order valence-electron chi connectivity index (χ2n) is 5.40. The fraction of sp³-hybridized carbons (Fsp3) is 0.375. The first kappa shape index (κ1) is 12.9. The number of aryl methyl sites for hydroxylation is 3. The zero-order valence-corrected chi connectivity index (χ0v) is 11.8. The molecule has 1 N–H and O–H groups in total. The van der Waals surface area contributed by atoms with Crippen molar-refractivity contribution < 1.29 is 9.32 Å². The Morgan fingerprint density at radius 3 is 2.80 bits per heavy atom. The molecule has 0 saturated heterocycles. The van der Waals surface area contributed by atoms with Crippen molar-refractivity contribution in [3.05, 3.63) is 46.1 Å². The summed E-state index contributed by atoms with van der Waals surface area (Å²) in [5.41, 5.74) is 4.99. The van der Waals surface area contributed by atoms with Gasteiger partial charge in [-0.1, -0.05) is 11.2 Å². The van der Waals surface area contributed by atoms with Crippen molar-refractivity contribution in [2.75, 3.05) is 5.32 Å². The quantitative estimate of drug-likeness (QED) is 0.909. The molecular formula is C16H18N2O2. The van der Waals surface area contributed by atoms with Gasteiger partial charge >= 0.3 is 0 Å². The minimum atomic E-state index is -0.141. The number of nitrogens with one attached hydrogen (secondary N) is 1. The summed E-state index contributed by atoms with van der Waals surface area (Å²) in [6, 6.07) is 5.69. The Bertz CT molecular complexity index is 658. The lowest BCUT2D eigenvalue weighted by atomic mass is 9.97. The van der Waals surface area contributed by atoms with Gasteiger partial charge < -0.3 is 4.52 Å². The molecule has 4 nitrogen and oxygen atoms in total. The summed E-state index contributed by atoms with van der Waals surface area (Å²) in [6.07, 6.45) is 4.14. The van der Waals surface area contributed by atoms with E-state index in [4.69, 9.17) is 4.52 Å². The highest BCUT2D eigenvalue weighted by Crippen LogP contribution is 2.27. The summed E-state index contributed by atoms with van der Waals surface area (Å²) in [4.78, 5) is 12.3. The van der Waals surface area contributed by atoms with Crippen LogP contribution in [0.15, 0.2) is 22.7 Å². The van der Waals surface area contributed by atoms with Gasteiger partial charge in [-0.15, -0.1) is 0 Å². The molecule has 0 unspecified atom stereocenters. The van der Waals surface area contributed by atoms with Gasteiger partial charge in [-0.2, -0.15) is 0 Å². The number of benzene rings is 1. The number of fused-ring (bicyclic) bond motifs is 1. The molecule has 1 aliphatic rings. The number of rotatable bonds is 2. The van der Waals surface area contributed by atoms with Crippen LogP contribution in [0.25, 0.3) is 0 Å². The van der Waals surface area contributed by atoms with Crippen molar-refractivity contribution in [3.8, 4) is 0 Å². The first-order valence-corrected chi connectivity index (χ1v) is 7.01. The Morgan fingerprint density at radius 2 is 2.00 bits per heavy atom. The minimum absolute atomic E-state index is 0.141. The van der Waals surface area contributed by atoms with Crippen molar-refractivity contribution in [1.82, 2.24) is 5.16 Å². The van der Waals surface area contributed by atoms with Gasteiger partial charge in [0, 0.05) is 11.1 Å². The highest BCUT2D eigenvalue weighted by molar-refractivity contribution is 6.04. The molecule has 1 aromatic carbocycles. The fourth-order valence-electron chi connectivity index (χ4n) is 2.55. The van der Waals surface area contributed by atoms with Gasteiger partial charge in [0.1, 0.15) is 0 Å². The normalized spacial score (nSPS) is 13.9. The molecule has 0 spiro atoms. The van der Waals surface area contributed by atoms with Crippen molar-refractivity contribution >= 4 is 11.8 Å². The smallest absolute Gasteiger partial charge is 0.258 e. The lowest BCUT2D eigenvalue weighted by Gasteiger charge is -2.10. The Labute approximate surface area is 118 Å². The van der Waals surface area contributed by atoms with E-state index in [0.29, 0.717) is 11.4 Å². The average molecular weight is 270 g/mol. The van der Waals surface area contributed by atoms with Crippen LogP contribution in [0.4, 0.5) is 5.88 Å².